The standard InChI is InChI=1S/C27H28FN3O3/c28-22-10-4-5-11-23(22)34-25-24(29-14-15-30-25)20-7-6-16-31(19-20)26(32)27(12-17-33-18-13-27)21-8-2-1-3-9-21/h1-5,8-11,14-15,20H,6-7,12-13,16-19H2/t20-/m0/s1. The molecule has 0 N–H and O–H groups in total. The smallest absolute Gasteiger partial charge is 0.241 e. The molecule has 2 saturated heterocycles. The number of carbonyl (C=O) groups excluding carboxylic acids is 1. The van der Waals surface area contributed by atoms with Crippen LogP contribution in [0.4, 0.5) is 4.39 Å². The molecule has 3 heterocycles. The lowest BCUT2D eigenvalue weighted by atomic mass is 9.72. The molecule has 0 radical (unpaired) electrons. The van der Waals surface area contributed by atoms with Crippen LogP contribution in [0.25, 0.3) is 0 Å². The lowest BCUT2D eigenvalue weighted by molar-refractivity contribution is -0.142. The van der Waals surface area contributed by atoms with Crippen LogP contribution in [0, 0.1) is 5.82 Å². The first-order chi connectivity index (χ1) is 16.7. The van der Waals surface area contributed by atoms with Crippen LogP contribution in [0.15, 0.2) is 67.0 Å². The number of benzene rings is 2. The second-order valence-electron chi connectivity index (χ2n) is 8.93. The second-order valence-corrected chi connectivity index (χ2v) is 8.93. The number of halogens is 1. The van der Waals surface area contributed by atoms with Crippen molar-refractivity contribution >= 4 is 5.91 Å². The number of aromatic nitrogens is 2. The van der Waals surface area contributed by atoms with Crippen LogP contribution in [0.3, 0.4) is 0 Å². The molecule has 3 aromatic rings. The van der Waals surface area contributed by atoms with Gasteiger partial charge >= 0.3 is 0 Å². The van der Waals surface area contributed by atoms with Gasteiger partial charge in [0.15, 0.2) is 11.6 Å². The van der Waals surface area contributed by atoms with Crippen LogP contribution in [0.1, 0.15) is 42.9 Å². The number of piperidine rings is 1. The number of hydrogen-bond acceptors (Lipinski definition) is 5. The van der Waals surface area contributed by atoms with Crippen LogP contribution in [-0.4, -0.2) is 47.1 Å². The van der Waals surface area contributed by atoms with Gasteiger partial charge in [0.05, 0.1) is 5.41 Å². The van der Waals surface area contributed by atoms with Gasteiger partial charge in [-0.3, -0.25) is 9.78 Å². The number of para-hydroxylation sites is 1. The summed E-state index contributed by atoms with van der Waals surface area (Å²) in [4.78, 5) is 24.9. The van der Waals surface area contributed by atoms with E-state index in [1.807, 2.05) is 35.2 Å². The predicted octanol–water partition coefficient (Wildman–Crippen LogP) is 4.86. The molecule has 0 saturated carbocycles. The Morgan fingerprint density at radius 2 is 1.76 bits per heavy atom. The van der Waals surface area contributed by atoms with Crippen molar-refractivity contribution in [3.63, 3.8) is 0 Å². The third-order valence-corrected chi connectivity index (χ3v) is 6.91. The van der Waals surface area contributed by atoms with Gasteiger partial charge in [0.2, 0.25) is 11.8 Å². The normalized spacial score (nSPS) is 20.0. The highest BCUT2D eigenvalue weighted by Crippen LogP contribution is 2.39. The molecule has 5 rings (SSSR count). The molecule has 176 valence electrons. The summed E-state index contributed by atoms with van der Waals surface area (Å²) < 4.78 is 25.6. The lowest BCUT2D eigenvalue weighted by Crippen LogP contribution is -2.52. The fraction of sp³-hybridized carbons (Fsp3) is 0.370. The highest BCUT2D eigenvalue weighted by molar-refractivity contribution is 5.88. The highest BCUT2D eigenvalue weighted by atomic mass is 19.1. The fourth-order valence-electron chi connectivity index (χ4n) is 5.12. The van der Waals surface area contributed by atoms with E-state index in [4.69, 9.17) is 9.47 Å². The van der Waals surface area contributed by atoms with Gasteiger partial charge in [-0.25, -0.2) is 9.37 Å². The second kappa shape index (κ2) is 9.89. The number of rotatable bonds is 5. The number of ether oxygens (including phenoxy) is 2. The van der Waals surface area contributed by atoms with Crippen molar-refractivity contribution in [2.24, 2.45) is 0 Å². The van der Waals surface area contributed by atoms with E-state index in [0.717, 1.165) is 18.4 Å². The van der Waals surface area contributed by atoms with E-state index in [9.17, 15) is 9.18 Å². The monoisotopic (exact) mass is 461 g/mol. The Bertz CT molecular complexity index is 1130. The number of likely N-dealkylation sites (tertiary alicyclic amines) is 1. The average Bonchev–Trinajstić information content (AvgIpc) is 2.91. The van der Waals surface area contributed by atoms with E-state index in [1.165, 1.54) is 12.3 Å². The minimum absolute atomic E-state index is 0.0409. The maximum atomic E-state index is 14.2. The van der Waals surface area contributed by atoms with Crippen LogP contribution >= 0.6 is 0 Å². The zero-order valence-corrected chi connectivity index (χ0v) is 19.0. The Balaban J connectivity index is 1.40. The summed E-state index contributed by atoms with van der Waals surface area (Å²) in [6.07, 6.45) is 6.21. The van der Waals surface area contributed by atoms with Gasteiger partial charge in [0.1, 0.15) is 5.69 Å². The molecule has 7 heteroatoms. The van der Waals surface area contributed by atoms with Gasteiger partial charge in [0, 0.05) is 44.6 Å². The van der Waals surface area contributed by atoms with E-state index in [2.05, 4.69) is 9.97 Å². The maximum Gasteiger partial charge on any atom is 0.241 e. The first kappa shape index (κ1) is 22.5. The van der Waals surface area contributed by atoms with Crippen molar-refractivity contribution in [3.05, 3.63) is 84.1 Å². The quantitative estimate of drug-likeness (QED) is 0.543. The van der Waals surface area contributed by atoms with Crippen LogP contribution in [0.2, 0.25) is 0 Å². The van der Waals surface area contributed by atoms with Crippen LogP contribution in [0.5, 0.6) is 11.6 Å². The van der Waals surface area contributed by atoms with Gasteiger partial charge in [-0.15, -0.1) is 0 Å². The maximum absolute atomic E-state index is 14.2. The third-order valence-electron chi connectivity index (χ3n) is 6.91. The lowest BCUT2D eigenvalue weighted by Gasteiger charge is -2.42. The Hall–Kier alpha value is -3.32. The summed E-state index contributed by atoms with van der Waals surface area (Å²) in [5.41, 5.74) is 1.13. The van der Waals surface area contributed by atoms with Gasteiger partial charge in [-0.05, 0) is 43.4 Å². The first-order valence-electron chi connectivity index (χ1n) is 11.8. The van der Waals surface area contributed by atoms with Crippen molar-refractivity contribution < 1.29 is 18.7 Å². The molecule has 2 fully saturated rings. The summed E-state index contributed by atoms with van der Waals surface area (Å²) in [6, 6.07) is 16.3. The molecule has 0 aliphatic carbocycles. The summed E-state index contributed by atoms with van der Waals surface area (Å²) in [5, 5.41) is 0. The van der Waals surface area contributed by atoms with E-state index in [0.29, 0.717) is 44.8 Å². The number of carbonyl (C=O) groups is 1. The molecular weight excluding hydrogens is 433 g/mol. The molecule has 34 heavy (non-hydrogen) atoms. The van der Waals surface area contributed by atoms with Crippen LogP contribution < -0.4 is 4.74 Å². The van der Waals surface area contributed by atoms with Crippen molar-refractivity contribution in [1.29, 1.82) is 0 Å². The molecule has 2 aromatic carbocycles. The summed E-state index contributed by atoms with van der Waals surface area (Å²) >= 11 is 0. The molecule has 1 amide bonds. The number of amides is 1. The van der Waals surface area contributed by atoms with Crippen molar-refractivity contribution in [2.45, 2.75) is 37.0 Å². The molecule has 1 aromatic heterocycles. The van der Waals surface area contributed by atoms with Gasteiger partial charge in [0.25, 0.3) is 0 Å². The van der Waals surface area contributed by atoms with E-state index in [1.54, 1.807) is 24.4 Å². The van der Waals surface area contributed by atoms with E-state index in [-0.39, 0.29) is 23.5 Å². The minimum Gasteiger partial charge on any atom is -0.434 e. The molecular formula is C27H28FN3O3. The molecule has 2 aliphatic heterocycles. The van der Waals surface area contributed by atoms with Crippen LogP contribution in [-0.2, 0) is 14.9 Å². The Kier molecular flexibility index (Phi) is 6.54. The molecule has 0 unspecified atom stereocenters. The highest BCUT2D eigenvalue weighted by Gasteiger charge is 2.45. The topological polar surface area (TPSA) is 64.6 Å². The largest absolute Gasteiger partial charge is 0.434 e. The first-order valence-corrected chi connectivity index (χ1v) is 11.8. The fourth-order valence-corrected chi connectivity index (χ4v) is 5.12. The average molecular weight is 462 g/mol. The Morgan fingerprint density at radius 3 is 2.56 bits per heavy atom. The number of nitrogens with zero attached hydrogens (tertiary/aromatic N) is 3. The molecule has 0 bridgehead atoms. The molecule has 2 aliphatic rings. The Morgan fingerprint density at radius 1 is 1.03 bits per heavy atom. The summed E-state index contributed by atoms with van der Waals surface area (Å²) in [6.45, 7) is 2.38. The van der Waals surface area contributed by atoms with E-state index >= 15 is 0 Å². The zero-order valence-electron chi connectivity index (χ0n) is 19.0. The van der Waals surface area contributed by atoms with Crippen molar-refractivity contribution in [2.75, 3.05) is 26.3 Å². The zero-order chi connectivity index (χ0) is 23.4. The van der Waals surface area contributed by atoms with Gasteiger partial charge in [-0.1, -0.05) is 42.5 Å². The summed E-state index contributed by atoms with van der Waals surface area (Å²) in [5.74, 6) is 0.0471. The van der Waals surface area contributed by atoms with Gasteiger partial charge in [-0.2, -0.15) is 0 Å². The van der Waals surface area contributed by atoms with Crippen molar-refractivity contribution in [3.8, 4) is 11.6 Å². The van der Waals surface area contributed by atoms with Gasteiger partial charge < -0.3 is 14.4 Å². The molecule has 6 nitrogen and oxygen atoms in total. The van der Waals surface area contributed by atoms with E-state index < -0.39 is 11.2 Å². The molecule has 0 spiro atoms. The predicted molar refractivity (Wildman–Crippen MR) is 125 cm³/mol. The Labute approximate surface area is 198 Å². The third kappa shape index (κ3) is 4.40. The SMILES string of the molecule is O=C(N1CCC[C@H](c2nccnc2Oc2ccccc2F)C1)C1(c2ccccc2)CCOCC1. The number of hydrogen-bond donors (Lipinski definition) is 0. The summed E-state index contributed by atoms with van der Waals surface area (Å²) in [7, 11) is 0. The molecule has 1 atom stereocenters. The minimum atomic E-state index is -0.573. The van der Waals surface area contributed by atoms with Crippen molar-refractivity contribution in [1.82, 2.24) is 14.9 Å².